The molecule has 0 bridgehead atoms. The Bertz CT molecular complexity index is 1380. The summed E-state index contributed by atoms with van der Waals surface area (Å²) >= 11 is 0. The first kappa shape index (κ1) is 19.7. The molecule has 0 saturated heterocycles. The van der Waals surface area contributed by atoms with Crippen LogP contribution in [0.25, 0.3) is 22.6 Å². The lowest BCUT2D eigenvalue weighted by Crippen LogP contribution is -2.19. The number of aromatic nitrogens is 5. The molecule has 5 aromatic rings. The number of hydrogen-bond acceptors (Lipinski definition) is 6. The third kappa shape index (κ3) is 3.88. The van der Waals surface area contributed by atoms with Gasteiger partial charge in [0.25, 0.3) is 0 Å². The molecule has 3 heterocycles. The van der Waals surface area contributed by atoms with Gasteiger partial charge >= 0.3 is 0 Å². The predicted molar refractivity (Wildman–Crippen MR) is 122 cm³/mol. The number of aryl methyl sites for hydroxylation is 1. The normalized spacial score (nSPS) is 10.9. The van der Waals surface area contributed by atoms with Gasteiger partial charge in [0.05, 0.1) is 5.56 Å². The topological polar surface area (TPSA) is 67.7 Å². The van der Waals surface area contributed by atoms with Crippen LogP contribution in [0.3, 0.4) is 0 Å². The van der Waals surface area contributed by atoms with E-state index < -0.39 is 0 Å². The van der Waals surface area contributed by atoms with E-state index in [1.54, 1.807) is 36.9 Å². The smallest absolute Gasteiger partial charge is 0.184 e. The molecular weight excluding hydrogens is 403 g/mol. The van der Waals surface area contributed by atoms with Crippen LogP contribution in [-0.2, 0) is 6.54 Å². The van der Waals surface area contributed by atoms with Crippen molar-refractivity contribution in [3.05, 3.63) is 102 Å². The van der Waals surface area contributed by atoms with Crippen molar-refractivity contribution in [2.45, 2.75) is 13.5 Å². The van der Waals surface area contributed by atoms with Crippen LogP contribution in [0.4, 0.5) is 15.9 Å². The lowest BCUT2D eigenvalue weighted by molar-refractivity contribution is 0.629. The number of anilines is 2. The minimum Gasteiger partial charge on any atom is -0.320 e. The first-order chi connectivity index (χ1) is 15.7. The molecule has 0 unspecified atom stereocenters. The summed E-state index contributed by atoms with van der Waals surface area (Å²) in [6.45, 7) is 2.44. The Morgan fingerprint density at radius 2 is 1.62 bits per heavy atom. The monoisotopic (exact) mass is 422 g/mol. The van der Waals surface area contributed by atoms with Gasteiger partial charge in [0, 0.05) is 37.0 Å². The van der Waals surface area contributed by atoms with E-state index in [1.807, 2.05) is 54.3 Å². The molecule has 0 atom stereocenters. The average Bonchev–Trinajstić information content (AvgIpc) is 2.84. The minimum atomic E-state index is -0.386. The van der Waals surface area contributed by atoms with E-state index in [2.05, 4.69) is 19.9 Å². The highest BCUT2D eigenvalue weighted by molar-refractivity contribution is 5.87. The molecule has 0 fully saturated rings. The van der Waals surface area contributed by atoms with Gasteiger partial charge < -0.3 is 4.90 Å². The molecule has 5 rings (SSSR count). The van der Waals surface area contributed by atoms with E-state index in [0.29, 0.717) is 29.1 Å². The minimum absolute atomic E-state index is 0.265. The lowest BCUT2D eigenvalue weighted by atomic mass is 10.1. The second kappa shape index (κ2) is 8.47. The van der Waals surface area contributed by atoms with Crippen LogP contribution in [0.1, 0.15) is 11.1 Å². The molecule has 0 aliphatic heterocycles. The van der Waals surface area contributed by atoms with Crippen molar-refractivity contribution in [2.75, 3.05) is 4.90 Å². The highest BCUT2D eigenvalue weighted by Gasteiger charge is 2.20. The number of rotatable bonds is 5. The van der Waals surface area contributed by atoms with E-state index in [0.717, 1.165) is 16.8 Å². The Balaban J connectivity index is 1.75. The first-order valence-electron chi connectivity index (χ1n) is 10.2. The average molecular weight is 422 g/mol. The zero-order valence-corrected chi connectivity index (χ0v) is 17.4. The highest BCUT2D eigenvalue weighted by Crippen LogP contribution is 2.32. The maximum atomic E-state index is 14.7. The zero-order valence-electron chi connectivity index (χ0n) is 17.4. The highest BCUT2D eigenvalue weighted by atomic mass is 19.1. The van der Waals surface area contributed by atoms with Gasteiger partial charge in [-0.15, -0.1) is 0 Å². The van der Waals surface area contributed by atoms with Gasteiger partial charge in [0.15, 0.2) is 22.8 Å². The number of fused-ring (bicyclic) bond motifs is 1. The number of hydrogen-bond donors (Lipinski definition) is 0. The molecule has 0 saturated carbocycles. The van der Waals surface area contributed by atoms with Gasteiger partial charge in [-0.25, -0.2) is 24.3 Å². The molecule has 0 spiro atoms. The van der Waals surface area contributed by atoms with E-state index in [4.69, 9.17) is 4.98 Å². The maximum absolute atomic E-state index is 14.7. The number of nitrogens with zero attached hydrogens (tertiary/aromatic N) is 6. The van der Waals surface area contributed by atoms with E-state index in [1.165, 1.54) is 6.07 Å². The quantitative estimate of drug-likeness (QED) is 0.384. The largest absolute Gasteiger partial charge is 0.320 e. The molecule has 0 aliphatic carbocycles. The van der Waals surface area contributed by atoms with Crippen LogP contribution in [0.15, 0.2) is 85.5 Å². The van der Waals surface area contributed by atoms with Crippen molar-refractivity contribution in [2.24, 2.45) is 0 Å². The van der Waals surface area contributed by atoms with Crippen LogP contribution in [-0.4, -0.2) is 24.9 Å². The SMILES string of the molecule is Cc1ccc(F)c(-c2nc(N(Cc3ccccc3)c3ccncc3)c3nccnc3n2)c1. The maximum Gasteiger partial charge on any atom is 0.184 e. The van der Waals surface area contributed by atoms with Crippen molar-refractivity contribution in [3.8, 4) is 11.4 Å². The summed E-state index contributed by atoms with van der Waals surface area (Å²) in [5.74, 6) is 0.429. The number of halogens is 1. The molecule has 0 aliphatic rings. The fourth-order valence-corrected chi connectivity index (χ4v) is 3.55. The van der Waals surface area contributed by atoms with Gasteiger partial charge in [0.2, 0.25) is 0 Å². The molecule has 0 amide bonds. The summed E-state index contributed by atoms with van der Waals surface area (Å²) < 4.78 is 14.7. The standard InChI is InChI=1S/C25H19FN6/c1-17-7-8-21(26)20(15-17)23-30-24-22(28-13-14-29-24)25(31-23)32(19-9-11-27-12-10-19)16-18-5-3-2-4-6-18/h2-15H,16H2,1H3. The molecule has 156 valence electrons. The second-order valence-corrected chi connectivity index (χ2v) is 7.36. The summed E-state index contributed by atoms with van der Waals surface area (Å²) in [4.78, 5) is 24.4. The van der Waals surface area contributed by atoms with Gasteiger partial charge in [-0.3, -0.25) is 4.98 Å². The first-order valence-corrected chi connectivity index (χ1v) is 10.2. The molecule has 0 N–H and O–H groups in total. The van der Waals surface area contributed by atoms with Gasteiger partial charge in [-0.1, -0.05) is 42.0 Å². The summed E-state index contributed by atoms with van der Waals surface area (Å²) in [6, 6.07) is 18.7. The van der Waals surface area contributed by atoms with Crippen molar-refractivity contribution in [3.63, 3.8) is 0 Å². The Morgan fingerprint density at radius 1 is 0.844 bits per heavy atom. The number of benzene rings is 2. The second-order valence-electron chi connectivity index (χ2n) is 7.36. The molecular formula is C25H19FN6. The van der Waals surface area contributed by atoms with Crippen LogP contribution in [0.2, 0.25) is 0 Å². The van der Waals surface area contributed by atoms with Crippen LogP contribution in [0.5, 0.6) is 0 Å². The summed E-state index contributed by atoms with van der Waals surface area (Å²) in [5.41, 5.74) is 4.15. The van der Waals surface area contributed by atoms with E-state index >= 15 is 0 Å². The summed E-state index contributed by atoms with van der Waals surface area (Å²) in [5, 5.41) is 0. The zero-order chi connectivity index (χ0) is 21.9. The van der Waals surface area contributed by atoms with Crippen LogP contribution >= 0.6 is 0 Å². The third-order valence-electron chi connectivity index (χ3n) is 5.09. The van der Waals surface area contributed by atoms with Crippen molar-refractivity contribution in [1.82, 2.24) is 24.9 Å². The fraction of sp³-hybridized carbons (Fsp3) is 0.0800. The van der Waals surface area contributed by atoms with Crippen LogP contribution in [0, 0.1) is 12.7 Å². The molecule has 2 aromatic carbocycles. The third-order valence-corrected chi connectivity index (χ3v) is 5.09. The van der Waals surface area contributed by atoms with Gasteiger partial charge in [-0.2, -0.15) is 0 Å². The summed E-state index contributed by atoms with van der Waals surface area (Å²) in [7, 11) is 0. The molecule has 32 heavy (non-hydrogen) atoms. The van der Waals surface area contributed by atoms with Gasteiger partial charge in [-0.05, 0) is 36.8 Å². The Morgan fingerprint density at radius 3 is 2.44 bits per heavy atom. The summed E-state index contributed by atoms with van der Waals surface area (Å²) in [6.07, 6.45) is 6.63. The Kier molecular flexibility index (Phi) is 5.21. The predicted octanol–water partition coefficient (Wildman–Crippen LogP) is 5.27. The van der Waals surface area contributed by atoms with E-state index in [-0.39, 0.29) is 11.6 Å². The van der Waals surface area contributed by atoms with Crippen LogP contribution < -0.4 is 4.90 Å². The Labute approximate surface area is 184 Å². The van der Waals surface area contributed by atoms with Crippen molar-refractivity contribution >= 4 is 22.7 Å². The molecule has 0 radical (unpaired) electrons. The van der Waals surface area contributed by atoms with Crippen molar-refractivity contribution < 1.29 is 4.39 Å². The molecule has 6 nitrogen and oxygen atoms in total. The Hall–Kier alpha value is -4.26. The van der Waals surface area contributed by atoms with Crippen molar-refractivity contribution in [1.29, 1.82) is 0 Å². The number of pyridine rings is 1. The fourth-order valence-electron chi connectivity index (χ4n) is 3.55. The van der Waals surface area contributed by atoms with E-state index in [9.17, 15) is 4.39 Å². The molecule has 7 heteroatoms. The lowest BCUT2D eigenvalue weighted by Gasteiger charge is -2.25. The molecule has 3 aromatic heterocycles. The van der Waals surface area contributed by atoms with Gasteiger partial charge in [0.1, 0.15) is 5.82 Å².